The molecule has 0 saturated carbocycles. The molecule has 4 N–H and O–H groups in total. The molecular weight excluding hydrogens is 512 g/mol. The van der Waals surface area contributed by atoms with E-state index in [0.717, 1.165) is 24.8 Å². The molecule has 4 atom stereocenters. The van der Waals surface area contributed by atoms with E-state index in [1.165, 1.54) is 36.5 Å². The number of fused-ring (bicyclic) bond motifs is 1. The molecule has 0 spiro atoms. The van der Waals surface area contributed by atoms with E-state index >= 15 is 0 Å². The second-order valence-electron chi connectivity index (χ2n) is 10.4. The van der Waals surface area contributed by atoms with Crippen molar-refractivity contribution < 1.29 is 34.1 Å². The number of amides is 2. The minimum atomic E-state index is -1.61. The second kappa shape index (κ2) is 13.5. The summed E-state index contributed by atoms with van der Waals surface area (Å²) in [4.78, 5) is 49.0. The van der Waals surface area contributed by atoms with Gasteiger partial charge < -0.3 is 25.6 Å². The molecule has 9 heteroatoms. The summed E-state index contributed by atoms with van der Waals surface area (Å²) in [5.74, 6) is -1.43. The highest BCUT2D eigenvalue weighted by molar-refractivity contribution is 6.07. The van der Waals surface area contributed by atoms with Crippen molar-refractivity contribution in [1.29, 1.82) is 0 Å². The molecule has 0 radical (unpaired) electrons. The molecule has 0 aromatic heterocycles. The van der Waals surface area contributed by atoms with E-state index in [1.54, 1.807) is 19.1 Å². The maximum Gasteiger partial charge on any atom is 0.251 e. The minimum absolute atomic E-state index is 0.0267. The highest BCUT2D eigenvalue weighted by Crippen LogP contribution is 2.40. The molecule has 9 nitrogen and oxygen atoms in total. The fraction of sp³-hybridized carbons (Fsp3) is 0.419. The van der Waals surface area contributed by atoms with Gasteiger partial charge in [-0.15, -0.1) is 0 Å². The van der Waals surface area contributed by atoms with Crippen LogP contribution in [-0.2, 0) is 23.9 Å². The molecule has 1 aliphatic heterocycles. The van der Waals surface area contributed by atoms with Gasteiger partial charge in [0.2, 0.25) is 11.7 Å². The van der Waals surface area contributed by atoms with Crippen LogP contribution in [0.5, 0.6) is 0 Å². The van der Waals surface area contributed by atoms with Crippen LogP contribution in [0.3, 0.4) is 0 Å². The van der Waals surface area contributed by atoms with Gasteiger partial charge in [0.1, 0.15) is 23.2 Å². The third-order valence-corrected chi connectivity index (χ3v) is 6.81. The van der Waals surface area contributed by atoms with Crippen molar-refractivity contribution in [3.8, 4) is 0 Å². The number of unbranched alkanes of at least 4 members (excludes halogenated alkanes) is 1. The van der Waals surface area contributed by atoms with Crippen molar-refractivity contribution in [1.82, 2.24) is 10.6 Å². The third kappa shape index (κ3) is 8.09. The monoisotopic (exact) mass is 550 g/mol. The van der Waals surface area contributed by atoms with Gasteiger partial charge in [-0.1, -0.05) is 68.7 Å². The second-order valence-corrected chi connectivity index (χ2v) is 10.4. The number of ether oxygens (including phenoxy) is 1. The molecule has 1 heterocycles. The normalized spacial score (nSPS) is 26.1. The third-order valence-electron chi connectivity index (χ3n) is 6.81. The molecule has 2 aliphatic carbocycles. The molecule has 1 saturated heterocycles. The van der Waals surface area contributed by atoms with Crippen molar-refractivity contribution in [2.24, 2.45) is 5.92 Å². The van der Waals surface area contributed by atoms with Gasteiger partial charge in [0.05, 0.1) is 5.70 Å². The Kier molecular flexibility index (Phi) is 10.4. The molecule has 3 aliphatic rings. The van der Waals surface area contributed by atoms with E-state index < -0.39 is 35.4 Å². The molecule has 0 aromatic rings. The van der Waals surface area contributed by atoms with Crippen molar-refractivity contribution in [2.45, 2.75) is 77.6 Å². The summed E-state index contributed by atoms with van der Waals surface area (Å²) in [6.45, 7) is 7.90. The molecule has 2 amide bonds. The van der Waals surface area contributed by atoms with Gasteiger partial charge in [-0.2, -0.15) is 0 Å². The van der Waals surface area contributed by atoms with Crippen LogP contribution >= 0.6 is 0 Å². The zero-order chi connectivity index (χ0) is 29.4. The Labute approximate surface area is 234 Å². The largest absolute Gasteiger partial charge is 0.510 e. The summed E-state index contributed by atoms with van der Waals surface area (Å²) >= 11 is 0. The number of carbonyl (C=O) groups excluding carboxylic acids is 4. The highest BCUT2D eigenvalue weighted by atomic mass is 16.6. The average molecular weight is 551 g/mol. The van der Waals surface area contributed by atoms with Crippen molar-refractivity contribution in [3.05, 3.63) is 83.0 Å². The Morgan fingerprint density at radius 3 is 2.55 bits per heavy atom. The Balaban J connectivity index is 1.60. The number of hydrogen-bond acceptors (Lipinski definition) is 7. The Morgan fingerprint density at radius 2 is 1.88 bits per heavy atom. The van der Waals surface area contributed by atoms with E-state index in [1.807, 2.05) is 6.92 Å². The lowest BCUT2D eigenvalue weighted by molar-refractivity contribution is -0.121. The number of aliphatic hydroxyl groups excluding tert-OH is 1. The van der Waals surface area contributed by atoms with Crippen molar-refractivity contribution in [3.63, 3.8) is 0 Å². The summed E-state index contributed by atoms with van der Waals surface area (Å²) in [5.41, 5.74) is -0.310. The zero-order valence-electron chi connectivity index (χ0n) is 23.4. The molecular formula is C31H38N2O7. The SMILES string of the molecule is CCCCC(C)/C=C(\C)C=C(C)C(=O)NC1=CC(O)(/C=C/C=CC=CC(=O)NC2=C(O)CCC2=O)C2OC2C1=O. The lowest BCUT2D eigenvalue weighted by atomic mass is 9.88. The first-order valence-corrected chi connectivity index (χ1v) is 13.6. The summed E-state index contributed by atoms with van der Waals surface area (Å²) < 4.78 is 5.39. The predicted molar refractivity (Wildman–Crippen MR) is 151 cm³/mol. The van der Waals surface area contributed by atoms with Gasteiger partial charge in [-0.05, 0) is 38.3 Å². The van der Waals surface area contributed by atoms with Gasteiger partial charge in [0.15, 0.2) is 11.9 Å². The van der Waals surface area contributed by atoms with Crippen LogP contribution in [0, 0.1) is 5.92 Å². The Bertz CT molecular complexity index is 1260. The number of aliphatic hydroxyl groups is 2. The van der Waals surface area contributed by atoms with E-state index in [0.29, 0.717) is 11.5 Å². The Morgan fingerprint density at radius 1 is 1.15 bits per heavy atom. The minimum Gasteiger partial charge on any atom is -0.510 e. The lowest BCUT2D eigenvalue weighted by Crippen LogP contribution is -2.42. The number of Topliss-reactive ketones (excluding diaryl/α,β-unsaturated/α-hetero) is 2. The summed E-state index contributed by atoms with van der Waals surface area (Å²) in [6.07, 6.45) is 16.0. The van der Waals surface area contributed by atoms with Gasteiger partial charge >= 0.3 is 0 Å². The van der Waals surface area contributed by atoms with Crippen molar-refractivity contribution in [2.75, 3.05) is 0 Å². The first-order chi connectivity index (χ1) is 18.9. The maximum atomic E-state index is 12.8. The summed E-state index contributed by atoms with van der Waals surface area (Å²) in [7, 11) is 0. The van der Waals surface area contributed by atoms with Crippen LogP contribution in [0.25, 0.3) is 0 Å². The molecule has 0 bridgehead atoms. The van der Waals surface area contributed by atoms with Crippen LogP contribution in [-0.4, -0.2) is 51.4 Å². The van der Waals surface area contributed by atoms with Crippen LogP contribution in [0.1, 0.15) is 59.8 Å². The summed E-state index contributed by atoms with van der Waals surface area (Å²) in [6, 6.07) is 0. The van der Waals surface area contributed by atoms with Gasteiger partial charge in [0, 0.05) is 24.5 Å². The number of nitrogens with one attached hydrogen (secondary N) is 2. The fourth-order valence-corrected chi connectivity index (χ4v) is 4.61. The molecule has 0 aromatic carbocycles. The van der Waals surface area contributed by atoms with Crippen LogP contribution < -0.4 is 10.6 Å². The lowest BCUT2D eigenvalue weighted by Gasteiger charge is -2.23. The van der Waals surface area contributed by atoms with Crippen LogP contribution in [0.2, 0.25) is 0 Å². The molecule has 1 fully saturated rings. The van der Waals surface area contributed by atoms with Crippen LogP contribution in [0.4, 0.5) is 0 Å². The van der Waals surface area contributed by atoms with E-state index in [4.69, 9.17) is 4.74 Å². The zero-order valence-corrected chi connectivity index (χ0v) is 23.4. The van der Waals surface area contributed by atoms with Gasteiger partial charge in [-0.25, -0.2) is 0 Å². The highest BCUT2D eigenvalue weighted by Gasteiger charge is 2.59. The van der Waals surface area contributed by atoms with E-state index in [9.17, 15) is 29.4 Å². The maximum absolute atomic E-state index is 12.8. The number of ketones is 2. The van der Waals surface area contributed by atoms with Gasteiger partial charge in [0.25, 0.3) is 5.91 Å². The number of epoxide rings is 1. The number of hydrogen-bond donors (Lipinski definition) is 4. The predicted octanol–water partition coefficient (Wildman–Crippen LogP) is 3.70. The standard InChI is InChI=1S/C31H38N2O7/c1-5-6-11-19(2)16-20(3)17-21(4)30(38)32-22-18-31(39,29-28(40-29)27(22)37)15-10-8-7-9-12-25(36)33-26-23(34)13-14-24(26)35/h7-10,12,15-19,28-29,34,39H,5-6,11,13-14H2,1-4H3,(H,32,38)(H,33,36)/b8-7?,12-9?,15-10+,20-16+,21-17?. The number of allylic oxidation sites excluding steroid dienone is 9. The molecule has 214 valence electrons. The quantitative estimate of drug-likeness (QED) is 0.165. The Hall–Kier alpha value is -3.82. The number of carbonyl (C=O) groups is 4. The van der Waals surface area contributed by atoms with Crippen molar-refractivity contribution >= 4 is 23.4 Å². The summed E-state index contributed by atoms with van der Waals surface area (Å²) in [5, 5.41) is 25.7. The van der Waals surface area contributed by atoms with E-state index in [-0.39, 0.29) is 35.8 Å². The van der Waals surface area contributed by atoms with E-state index in [2.05, 4.69) is 30.6 Å². The fourth-order valence-electron chi connectivity index (χ4n) is 4.61. The molecule has 4 unspecified atom stereocenters. The smallest absolute Gasteiger partial charge is 0.251 e. The molecule has 3 rings (SSSR count). The first kappa shape index (κ1) is 30.7. The topological polar surface area (TPSA) is 145 Å². The first-order valence-electron chi connectivity index (χ1n) is 13.6. The van der Waals surface area contributed by atoms with Crippen LogP contribution in [0.15, 0.2) is 83.0 Å². The average Bonchev–Trinajstić information content (AvgIpc) is 3.66. The van der Waals surface area contributed by atoms with Gasteiger partial charge in [-0.3, -0.25) is 19.2 Å². The number of rotatable bonds is 12. The molecule has 40 heavy (non-hydrogen) atoms.